The Bertz CT molecular complexity index is 1270. The molecule has 3 amide bonds. The minimum atomic E-state index is -0.540. The van der Waals surface area contributed by atoms with E-state index in [1.807, 2.05) is 94.4 Å². The normalized spacial score (nSPS) is 13.6. The van der Waals surface area contributed by atoms with Crippen molar-refractivity contribution in [3.63, 3.8) is 0 Å². The van der Waals surface area contributed by atoms with Crippen LogP contribution in [0.25, 0.3) is 10.8 Å². The number of hydrogen-bond acceptors (Lipinski definition) is 3. The Balaban J connectivity index is 1.46. The van der Waals surface area contributed by atoms with E-state index in [2.05, 4.69) is 5.32 Å². The van der Waals surface area contributed by atoms with E-state index in [1.165, 1.54) is 0 Å². The van der Waals surface area contributed by atoms with Crippen LogP contribution in [0, 0.1) is 0 Å². The molecule has 1 heterocycles. The lowest BCUT2D eigenvalue weighted by molar-refractivity contribution is -0.141. The Labute approximate surface area is 219 Å². The summed E-state index contributed by atoms with van der Waals surface area (Å²) in [4.78, 5) is 43.3. The Morgan fingerprint density at radius 1 is 0.973 bits per heavy atom. The summed E-state index contributed by atoms with van der Waals surface area (Å²) in [6, 6.07) is 21.2. The van der Waals surface area contributed by atoms with Gasteiger partial charge in [0, 0.05) is 36.0 Å². The predicted molar refractivity (Wildman–Crippen MR) is 149 cm³/mol. The number of hydrogen-bond donors (Lipinski definition) is 1. The molecule has 37 heavy (non-hydrogen) atoms. The van der Waals surface area contributed by atoms with Crippen LogP contribution in [0.4, 0.5) is 5.69 Å². The SMILES string of the molecule is CC[C@H](C(=O)NC(C)(C)C)N(CCc1ccccc1)C(=O)CCCN1C(=O)c2cccc3cccc1c23. The maximum Gasteiger partial charge on any atom is 0.258 e. The molecule has 0 saturated carbocycles. The molecule has 0 aliphatic carbocycles. The van der Waals surface area contributed by atoms with Crippen LogP contribution in [-0.4, -0.2) is 47.3 Å². The van der Waals surface area contributed by atoms with E-state index in [-0.39, 0.29) is 29.7 Å². The number of rotatable bonds is 10. The monoisotopic (exact) mass is 499 g/mol. The van der Waals surface area contributed by atoms with Gasteiger partial charge in [-0.05, 0) is 63.1 Å². The molecule has 0 unspecified atom stereocenters. The van der Waals surface area contributed by atoms with E-state index in [9.17, 15) is 14.4 Å². The molecule has 0 radical (unpaired) electrons. The zero-order chi connectivity index (χ0) is 26.6. The highest BCUT2D eigenvalue weighted by atomic mass is 16.2. The van der Waals surface area contributed by atoms with Crippen LogP contribution in [0.3, 0.4) is 0 Å². The van der Waals surface area contributed by atoms with Gasteiger partial charge in [0.1, 0.15) is 6.04 Å². The van der Waals surface area contributed by atoms with E-state index in [0.29, 0.717) is 37.9 Å². The van der Waals surface area contributed by atoms with Gasteiger partial charge < -0.3 is 15.1 Å². The lowest BCUT2D eigenvalue weighted by Gasteiger charge is -2.33. The van der Waals surface area contributed by atoms with Crippen LogP contribution in [-0.2, 0) is 16.0 Å². The largest absolute Gasteiger partial charge is 0.350 e. The fourth-order valence-corrected chi connectivity index (χ4v) is 5.08. The number of carbonyl (C=O) groups excluding carboxylic acids is 3. The molecule has 1 aliphatic rings. The molecular weight excluding hydrogens is 462 g/mol. The summed E-state index contributed by atoms with van der Waals surface area (Å²) in [6.45, 7) is 8.69. The maximum atomic E-state index is 13.5. The van der Waals surface area contributed by atoms with Gasteiger partial charge in [-0.3, -0.25) is 14.4 Å². The van der Waals surface area contributed by atoms with Crippen molar-refractivity contribution in [2.75, 3.05) is 18.0 Å². The molecule has 194 valence electrons. The summed E-state index contributed by atoms with van der Waals surface area (Å²) >= 11 is 0. The lowest BCUT2D eigenvalue weighted by atomic mass is 10.0. The number of carbonyl (C=O) groups is 3. The number of nitrogens with one attached hydrogen (secondary N) is 1. The van der Waals surface area contributed by atoms with Crippen molar-refractivity contribution in [1.29, 1.82) is 0 Å². The first kappa shape index (κ1) is 26.4. The summed E-state index contributed by atoms with van der Waals surface area (Å²) in [5.74, 6) is -0.210. The van der Waals surface area contributed by atoms with E-state index >= 15 is 0 Å². The third kappa shape index (κ3) is 6.01. The summed E-state index contributed by atoms with van der Waals surface area (Å²) in [5, 5.41) is 5.07. The van der Waals surface area contributed by atoms with E-state index in [0.717, 1.165) is 22.0 Å². The van der Waals surface area contributed by atoms with Crippen LogP contribution in [0.15, 0.2) is 66.7 Å². The van der Waals surface area contributed by atoms with Gasteiger partial charge >= 0.3 is 0 Å². The van der Waals surface area contributed by atoms with Gasteiger partial charge in [-0.25, -0.2) is 0 Å². The summed E-state index contributed by atoms with van der Waals surface area (Å²) < 4.78 is 0. The first-order valence-electron chi connectivity index (χ1n) is 13.2. The molecule has 0 aromatic heterocycles. The quantitative estimate of drug-likeness (QED) is 0.409. The smallest absolute Gasteiger partial charge is 0.258 e. The van der Waals surface area contributed by atoms with Gasteiger partial charge in [0.25, 0.3) is 5.91 Å². The molecule has 0 bridgehead atoms. The second kappa shape index (κ2) is 11.2. The molecule has 4 rings (SSSR count). The average molecular weight is 500 g/mol. The topological polar surface area (TPSA) is 69.7 Å². The van der Waals surface area contributed by atoms with Gasteiger partial charge in [0.05, 0.1) is 5.69 Å². The Kier molecular flexibility index (Phi) is 7.96. The van der Waals surface area contributed by atoms with Crippen molar-refractivity contribution >= 4 is 34.2 Å². The van der Waals surface area contributed by atoms with Crippen LogP contribution < -0.4 is 10.2 Å². The van der Waals surface area contributed by atoms with Crippen LogP contribution in [0.5, 0.6) is 0 Å². The first-order valence-corrected chi connectivity index (χ1v) is 13.2. The molecule has 1 atom stereocenters. The first-order chi connectivity index (χ1) is 17.7. The zero-order valence-corrected chi connectivity index (χ0v) is 22.3. The molecule has 3 aromatic rings. The average Bonchev–Trinajstić information content (AvgIpc) is 3.14. The minimum absolute atomic E-state index is 0.0174. The fraction of sp³-hybridized carbons (Fsp3) is 0.387. The molecule has 1 N–H and O–H groups in total. The summed E-state index contributed by atoms with van der Waals surface area (Å²) in [6.07, 6.45) is 2.00. The molecular formula is C31H37N3O3. The zero-order valence-electron chi connectivity index (χ0n) is 22.3. The van der Waals surface area contributed by atoms with Crippen molar-refractivity contribution < 1.29 is 14.4 Å². The highest BCUT2D eigenvalue weighted by Gasteiger charge is 2.32. The fourth-order valence-electron chi connectivity index (χ4n) is 5.08. The summed E-state index contributed by atoms with van der Waals surface area (Å²) in [7, 11) is 0. The Morgan fingerprint density at radius 3 is 2.35 bits per heavy atom. The maximum absolute atomic E-state index is 13.5. The summed E-state index contributed by atoms with van der Waals surface area (Å²) in [5.41, 5.74) is 2.36. The van der Waals surface area contributed by atoms with Crippen molar-refractivity contribution in [3.05, 3.63) is 77.9 Å². The standard InChI is InChI=1S/C31H37N3O3/c1-5-25(29(36)32-31(2,3)4)33(21-19-22-12-7-6-8-13-22)27(35)18-11-20-34-26-17-10-15-23-14-9-16-24(28(23)26)30(34)37/h6-10,12-17,25H,5,11,18-21H2,1-4H3,(H,32,36)/t25-/m1/s1. The highest BCUT2D eigenvalue weighted by Crippen LogP contribution is 2.37. The van der Waals surface area contributed by atoms with E-state index < -0.39 is 6.04 Å². The van der Waals surface area contributed by atoms with Crippen molar-refractivity contribution in [1.82, 2.24) is 10.2 Å². The molecule has 6 nitrogen and oxygen atoms in total. The van der Waals surface area contributed by atoms with Crippen molar-refractivity contribution in [2.45, 2.75) is 65.0 Å². The van der Waals surface area contributed by atoms with Gasteiger partial charge in [0.15, 0.2) is 0 Å². The third-order valence-electron chi connectivity index (χ3n) is 6.79. The Hall–Kier alpha value is -3.67. The molecule has 6 heteroatoms. The van der Waals surface area contributed by atoms with Gasteiger partial charge in [-0.15, -0.1) is 0 Å². The second-order valence-corrected chi connectivity index (χ2v) is 10.7. The van der Waals surface area contributed by atoms with Crippen LogP contribution >= 0.6 is 0 Å². The predicted octanol–water partition coefficient (Wildman–Crippen LogP) is 5.34. The highest BCUT2D eigenvalue weighted by molar-refractivity contribution is 6.25. The van der Waals surface area contributed by atoms with E-state index in [1.54, 1.807) is 9.80 Å². The van der Waals surface area contributed by atoms with Gasteiger partial charge in [0.2, 0.25) is 11.8 Å². The van der Waals surface area contributed by atoms with E-state index in [4.69, 9.17) is 0 Å². The van der Waals surface area contributed by atoms with Gasteiger partial charge in [-0.2, -0.15) is 0 Å². The molecule has 3 aromatic carbocycles. The molecule has 0 saturated heterocycles. The molecule has 0 spiro atoms. The van der Waals surface area contributed by atoms with Crippen LogP contribution in [0.1, 0.15) is 62.9 Å². The third-order valence-corrected chi connectivity index (χ3v) is 6.79. The lowest BCUT2D eigenvalue weighted by Crippen LogP contribution is -2.54. The minimum Gasteiger partial charge on any atom is -0.350 e. The molecule has 0 fully saturated rings. The van der Waals surface area contributed by atoms with Crippen molar-refractivity contribution in [3.8, 4) is 0 Å². The van der Waals surface area contributed by atoms with Crippen molar-refractivity contribution in [2.24, 2.45) is 0 Å². The Morgan fingerprint density at radius 2 is 1.68 bits per heavy atom. The van der Waals surface area contributed by atoms with Gasteiger partial charge in [-0.1, -0.05) is 61.5 Å². The molecule has 1 aliphatic heterocycles. The second-order valence-electron chi connectivity index (χ2n) is 10.7. The number of nitrogens with zero attached hydrogens (tertiary/aromatic N) is 2. The number of anilines is 1. The van der Waals surface area contributed by atoms with Crippen LogP contribution in [0.2, 0.25) is 0 Å². The number of benzene rings is 3. The number of amides is 3.